The van der Waals surface area contributed by atoms with Gasteiger partial charge in [0.1, 0.15) is 0 Å². The molecule has 0 saturated heterocycles. The Hall–Kier alpha value is -2.06. The summed E-state index contributed by atoms with van der Waals surface area (Å²) in [6, 6.07) is 17.1. The van der Waals surface area contributed by atoms with Crippen LogP contribution in [-0.2, 0) is 19.4 Å². The molecule has 0 aliphatic heterocycles. The minimum Gasteiger partial charge on any atom is -0.337 e. The zero-order valence-corrected chi connectivity index (χ0v) is 15.5. The van der Waals surface area contributed by atoms with Gasteiger partial charge in [0, 0.05) is 24.0 Å². The number of imidazole rings is 1. The lowest BCUT2D eigenvalue weighted by Crippen LogP contribution is -2.12. The van der Waals surface area contributed by atoms with Gasteiger partial charge < -0.3 is 4.57 Å². The largest absolute Gasteiger partial charge is 0.337 e. The highest BCUT2D eigenvalue weighted by molar-refractivity contribution is 6.31. The predicted molar refractivity (Wildman–Crippen MR) is 105 cm³/mol. The summed E-state index contributed by atoms with van der Waals surface area (Å²) < 4.78 is 2.19. The van der Waals surface area contributed by atoms with Crippen molar-refractivity contribution in [3.8, 4) is 0 Å². The third-order valence-corrected chi connectivity index (χ3v) is 5.14. The molecule has 3 aromatic rings. The summed E-state index contributed by atoms with van der Waals surface area (Å²) >= 11 is 6.32. The fraction of sp³-hybridized carbons (Fsp3) is 0.318. The Kier molecular flexibility index (Phi) is 6.30. The summed E-state index contributed by atoms with van der Waals surface area (Å²) in [6.07, 6.45) is 10.3. The van der Waals surface area contributed by atoms with Crippen molar-refractivity contribution in [2.45, 2.75) is 39.2 Å². The molecule has 1 aromatic heterocycles. The zero-order chi connectivity index (χ0) is 17.5. The fourth-order valence-electron chi connectivity index (χ4n) is 3.21. The van der Waals surface area contributed by atoms with Crippen molar-refractivity contribution >= 4 is 11.6 Å². The molecule has 0 fully saturated rings. The molecular formula is C22H25ClN2. The van der Waals surface area contributed by atoms with E-state index in [-0.39, 0.29) is 0 Å². The first-order valence-electron chi connectivity index (χ1n) is 8.95. The number of aromatic nitrogens is 2. The minimum atomic E-state index is 0.603. The molecule has 1 heterocycles. The lowest BCUT2D eigenvalue weighted by molar-refractivity contribution is 0.388. The zero-order valence-electron chi connectivity index (χ0n) is 14.7. The monoisotopic (exact) mass is 352 g/mol. The van der Waals surface area contributed by atoms with E-state index in [1.54, 1.807) is 0 Å². The molecule has 3 rings (SSSR count). The first-order valence-corrected chi connectivity index (χ1v) is 9.33. The van der Waals surface area contributed by atoms with E-state index in [0.717, 1.165) is 30.8 Å². The highest BCUT2D eigenvalue weighted by Crippen LogP contribution is 2.22. The molecule has 2 nitrogen and oxygen atoms in total. The van der Waals surface area contributed by atoms with Crippen LogP contribution in [0.1, 0.15) is 29.5 Å². The van der Waals surface area contributed by atoms with Gasteiger partial charge in [0.05, 0.1) is 6.33 Å². The molecule has 25 heavy (non-hydrogen) atoms. The normalized spacial score (nSPS) is 12.2. The highest BCUT2D eigenvalue weighted by atomic mass is 35.5. The molecule has 1 unspecified atom stereocenters. The van der Waals surface area contributed by atoms with Gasteiger partial charge >= 0.3 is 0 Å². The van der Waals surface area contributed by atoms with Crippen LogP contribution in [0.3, 0.4) is 0 Å². The summed E-state index contributed by atoms with van der Waals surface area (Å²) in [5, 5.41) is 0.877. The Bertz CT molecular complexity index is 763. The van der Waals surface area contributed by atoms with E-state index in [4.69, 9.17) is 11.6 Å². The van der Waals surface area contributed by atoms with Gasteiger partial charge in [-0.2, -0.15) is 0 Å². The lowest BCUT2D eigenvalue weighted by atomic mass is 9.92. The molecular weight excluding hydrogens is 328 g/mol. The van der Waals surface area contributed by atoms with Crippen LogP contribution < -0.4 is 0 Å². The van der Waals surface area contributed by atoms with E-state index in [2.05, 4.69) is 52.9 Å². The second-order valence-electron chi connectivity index (χ2n) is 6.78. The van der Waals surface area contributed by atoms with Crippen molar-refractivity contribution in [2.75, 3.05) is 0 Å². The Balaban J connectivity index is 1.62. The van der Waals surface area contributed by atoms with E-state index >= 15 is 0 Å². The molecule has 130 valence electrons. The molecule has 0 amide bonds. The Morgan fingerprint density at radius 2 is 1.76 bits per heavy atom. The van der Waals surface area contributed by atoms with E-state index < -0.39 is 0 Å². The summed E-state index contributed by atoms with van der Waals surface area (Å²) in [5.41, 5.74) is 3.98. The summed E-state index contributed by atoms with van der Waals surface area (Å²) in [7, 11) is 0. The molecule has 3 heteroatoms. The molecule has 1 atom stereocenters. The lowest BCUT2D eigenvalue weighted by Gasteiger charge is -2.18. The molecule has 0 radical (unpaired) electrons. The fourth-order valence-corrected chi connectivity index (χ4v) is 3.44. The number of aryl methyl sites for hydroxylation is 3. The van der Waals surface area contributed by atoms with Crippen LogP contribution in [0.15, 0.2) is 67.3 Å². The Labute approximate surface area is 155 Å². The van der Waals surface area contributed by atoms with Crippen LogP contribution in [0.2, 0.25) is 5.02 Å². The maximum absolute atomic E-state index is 6.32. The first kappa shape index (κ1) is 17.8. The molecule has 0 spiro atoms. The van der Waals surface area contributed by atoms with Crippen LogP contribution in [0.5, 0.6) is 0 Å². The standard InChI is InChI=1S/C22H25ClN2/c1-18-6-8-19(9-7-18)10-11-20(16-25-15-14-24-17-25)12-13-21-4-2-3-5-22(21)23/h2-9,14-15,17,20H,10-13,16H2,1H3. The summed E-state index contributed by atoms with van der Waals surface area (Å²) in [4.78, 5) is 4.18. The molecule has 0 aliphatic carbocycles. The van der Waals surface area contributed by atoms with Crippen molar-refractivity contribution in [1.29, 1.82) is 0 Å². The first-order chi connectivity index (χ1) is 12.2. The van der Waals surface area contributed by atoms with Gasteiger partial charge in [-0.15, -0.1) is 0 Å². The van der Waals surface area contributed by atoms with Gasteiger partial charge in [0.2, 0.25) is 0 Å². The van der Waals surface area contributed by atoms with Crippen molar-refractivity contribution in [3.05, 3.63) is 89.0 Å². The van der Waals surface area contributed by atoms with Crippen LogP contribution in [-0.4, -0.2) is 9.55 Å². The van der Waals surface area contributed by atoms with Gasteiger partial charge in [0.15, 0.2) is 0 Å². The average Bonchev–Trinajstić information content (AvgIpc) is 3.13. The quantitative estimate of drug-likeness (QED) is 0.506. The van der Waals surface area contributed by atoms with Crippen LogP contribution in [0.25, 0.3) is 0 Å². The van der Waals surface area contributed by atoms with E-state index in [9.17, 15) is 0 Å². The van der Waals surface area contributed by atoms with Crippen LogP contribution in [0, 0.1) is 12.8 Å². The Morgan fingerprint density at radius 3 is 2.48 bits per heavy atom. The molecule has 0 bridgehead atoms. The van der Waals surface area contributed by atoms with E-state index in [1.165, 1.54) is 23.1 Å². The second kappa shape index (κ2) is 8.87. The Morgan fingerprint density at radius 1 is 1.00 bits per heavy atom. The van der Waals surface area contributed by atoms with Gasteiger partial charge in [0.25, 0.3) is 0 Å². The number of nitrogens with zero attached hydrogens (tertiary/aromatic N) is 2. The molecule has 0 N–H and O–H groups in total. The minimum absolute atomic E-state index is 0.603. The SMILES string of the molecule is Cc1ccc(CCC(CCc2ccccc2Cl)Cn2ccnc2)cc1. The predicted octanol–water partition coefficient (Wildman–Crippen LogP) is 5.73. The number of rotatable bonds is 8. The van der Waals surface area contributed by atoms with Crippen molar-refractivity contribution < 1.29 is 0 Å². The maximum atomic E-state index is 6.32. The molecule has 2 aromatic carbocycles. The van der Waals surface area contributed by atoms with Gasteiger partial charge in [-0.05, 0) is 55.7 Å². The average molecular weight is 353 g/mol. The molecule has 0 aliphatic rings. The van der Waals surface area contributed by atoms with Gasteiger partial charge in [-0.3, -0.25) is 0 Å². The van der Waals surface area contributed by atoms with Crippen molar-refractivity contribution in [2.24, 2.45) is 5.92 Å². The van der Waals surface area contributed by atoms with Crippen molar-refractivity contribution in [1.82, 2.24) is 9.55 Å². The van der Waals surface area contributed by atoms with Gasteiger partial charge in [-0.1, -0.05) is 59.6 Å². The third-order valence-electron chi connectivity index (χ3n) is 4.77. The number of hydrogen-bond donors (Lipinski definition) is 0. The third kappa shape index (κ3) is 5.47. The van der Waals surface area contributed by atoms with E-state index in [1.807, 2.05) is 30.9 Å². The number of benzene rings is 2. The summed E-state index contributed by atoms with van der Waals surface area (Å²) in [5.74, 6) is 0.603. The van der Waals surface area contributed by atoms with Gasteiger partial charge in [-0.25, -0.2) is 4.98 Å². The van der Waals surface area contributed by atoms with Crippen LogP contribution in [0.4, 0.5) is 0 Å². The number of halogens is 1. The topological polar surface area (TPSA) is 17.8 Å². The maximum Gasteiger partial charge on any atom is 0.0945 e. The van der Waals surface area contributed by atoms with Crippen molar-refractivity contribution in [3.63, 3.8) is 0 Å². The second-order valence-corrected chi connectivity index (χ2v) is 7.19. The smallest absolute Gasteiger partial charge is 0.0945 e. The molecule has 0 saturated carbocycles. The summed E-state index contributed by atoms with van der Waals surface area (Å²) in [6.45, 7) is 3.14. The van der Waals surface area contributed by atoms with E-state index in [0.29, 0.717) is 5.92 Å². The number of hydrogen-bond acceptors (Lipinski definition) is 1. The van der Waals surface area contributed by atoms with Crippen LogP contribution >= 0.6 is 11.6 Å². The highest BCUT2D eigenvalue weighted by Gasteiger charge is 2.12.